The second kappa shape index (κ2) is 17.5. The number of amides is 2. The van der Waals surface area contributed by atoms with E-state index in [2.05, 4.69) is 66.3 Å². The van der Waals surface area contributed by atoms with Gasteiger partial charge in [0.05, 0.1) is 40.3 Å². The summed E-state index contributed by atoms with van der Waals surface area (Å²) in [7, 11) is 0. The van der Waals surface area contributed by atoms with Gasteiger partial charge in [0, 0.05) is 117 Å². The molecule has 338 valence electrons. The second-order valence-corrected chi connectivity index (χ2v) is 19.4. The molecule has 4 aromatic heterocycles. The molecule has 0 atom stereocenters. The first-order valence-corrected chi connectivity index (χ1v) is 23.7. The van der Waals surface area contributed by atoms with Gasteiger partial charge in [-0.05, 0) is 93.0 Å². The molecule has 2 amide bonds. The Morgan fingerprint density at radius 1 is 1.00 bits per heavy atom. The summed E-state index contributed by atoms with van der Waals surface area (Å²) in [4.78, 5) is 34.7. The van der Waals surface area contributed by atoms with E-state index in [0.29, 0.717) is 47.1 Å². The number of nitrogens with zero attached hydrogens (tertiary/aromatic N) is 10. The molecule has 1 N–H and O–H groups in total. The van der Waals surface area contributed by atoms with Gasteiger partial charge in [-0.15, -0.1) is 10.2 Å². The predicted octanol–water partition coefficient (Wildman–Crippen LogP) is 7.57. The van der Waals surface area contributed by atoms with Gasteiger partial charge in [-0.25, -0.2) is 0 Å². The van der Waals surface area contributed by atoms with Crippen molar-refractivity contribution in [2.75, 3.05) is 37.7 Å². The highest BCUT2D eigenvalue weighted by atomic mass is 35.5. The summed E-state index contributed by atoms with van der Waals surface area (Å²) in [6.45, 7) is 7.14. The van der Waals surface area contributed by atoms with E-state index in [4.69, 9.17) is 41.5 Å². The molecule has 66 heavy (non-hydrogen) atoms. The van der Waals surface area contributed by atoms with Gasteiger partial charge in [-0.3, -0.25) is 23.9 Å². The summed E-state index contributed by atoms with van der Waals surface area (Å²) < 4.78 is 16.1. The molecule has 16 heteroatoms. The van der Waals surface area contributed by atoms with Crippen molar-refractivity contribution in [3.8, 4) is 34.3 Å². The molecule has 2 saturated heterocycles. The maximum atomic E-state index is 13.1. The van der Waals surface area contributed by atoms with Crippen LogP contribution in [0.15, 0.2) is 73.2 Å². The number of benzene rings is 2. The SMILES string of the molecule is CC(=O)N1CCc2c(c(-c3cccc4cc(-c5cnn(CC6CC7(C6)CN(c6ccc(C(=O)NC8CCC(Oc9ccc(C#N)c(Cl)c9)CC8)nn6)C7)c5)ncc34)nn2C2CCOCC2)C1. The van der Waals surface area contributed by atoms with Crippen LogP contribution in [0, 0.1) is 22.7 Å². The first-order valence-electron chi connectivity index (χ1n) is 23.3. The standard InChI is InChI=1S/C50H52ClN11O4/c1-31(63)59-16-13-46-42(28-59)48(58-62(46)37-14-17-65-18-15-37)40-4-2-3-33-19-45(53-25-41(33)40)35-24-54-61(27-35)26-32-21-50(22-32)29-60(30-50)47-12-11-44(56-57-47)49(64)55-36-6-9-38(10-7-36)66-39-8-5-34(23-52)43(51)20-39/h2-5,8,11-12,19-20,24-25,27,32,36-38H,6-7,9-10,13-18,21-22,26,28-30H2,1H3,(H,55,64). The molecule has 0 unspecified atom stereocenters. The zero-order valence-electron chi connectivity index (χ0n) is 37.0. The highest BCUT2D eigenvalue weighted by Crippen LogP contribution is 2.53. The van der Waals surface area contributed by atoms with E-state index in [0.717, 1.165) is 135 Å². The molecule has 7 heterocycles. The number of pyridine rings is 1. The summed E-state index contributed by atoms with van der Waals surface area (Å²) in [6.07, 6.45) is 14.2. The van der Waals surface area contributed by atoms with Crippen molar-refractivity contribution in [2.45, 2.75) is 96.0 Å². The smallest absolute Gasteiger partial charge is 0.272 e. The van der Waals surface area contributed by atoms with Gasteiger partial charge in [0.2, 0.25) is 5.91 Å². The van der Waals surface area contributed by atoms with Crippen LogP contribution in [0.1, 0.15) is 91.6 Å². The van der Waals surface area contributed by atoms with E-state index >= 15 is 0 Å². The van der Waals surface area contributed by atoms with Crippen LogP contribution in [-0.4, -0.2) is 96.5 Å². The Labute approximate surface area is 388 Å². The third-order valence-electron chi connectivity index (χ3n) is 14.5. The number of anilines is 1. The van der Waals surface area contributed by atoms with Crippen LogP contribution in [0.3, 0.4) is 0 Å². The minimum absolute atomic E-state index is 0.0292. The first kappa shape index (κ1) is 42.3. The van der Waals surface area contributed by atoms with Gasteiger partial charge < -0.3 is 24.6 Å². The Morgan fingerprint density at radius 3 is 2.59 bits per heavy atom. The Balaban J connectivity index is 0.670. The Bertz CT molecular complexity index is 2840. The summed E-state index contributed by atoms with van der Waals surface area (Å²) in [6, 6.07) is 19.7. The summed E-state index contributed by atoms with van der Waals surface area (Å²) in [5.74, 6) is 1.88. The monoisotopic (exact) mass is 905 g/mol. The lowest BCUT2D eigenvalue weighted by molar-refractivity contribution is -0.129. The molecular weight excluding hydrogens is 854 g/mol. The molecule has 2 aliphatic carbocycles. The van der Waals surface area contributed by atoms with E-state index in [9.17, 15) is 9.59 Å². The van der Waals surface area contributed by atoms with Gasteiger partial charge >= 0.3 is 0 Å². The van der Waals surface area contributed by atoms with Crippen molar-refractivity contribution in [2.24, 2.45) is 11.3 Å². The number of nitrogens with one attached hydrogen (secondary N) is 1. The molecule has 11 rings (SSSR count). The molecule has 5 aliphatic rings. The van der Waals surface area contributed by atoms with E-state index in [1.54, 1.807) is 31.2 Å². The molecule has 0 bridgehead atoms. The zero-order valence-corrected chi connectivity index (χ0v) is 37.8. The molecule has 2 aromatic carbocycles. The van der Waals surface area contributed by atoms with Crippen LogP contribution in [0.5, 0.6) is 5.75 Å². The average Bonchev–Trinajstić information content (AvgIpc) is 3.95. The maximum absolute atomic E-state index is 13.1. The molecule has 15 nitrogen and oxygen atoms in total. The quantitative estimate of drug-likeness (QED) is 0.144. The number of ether oxygens (including phenoxy) is 2. The molecule has 3 aliphatic heterocycles. The average molecular weight is 906 g/mol. The van der Waals surface area contributed by atoms with E-state index in [1.807, 2.05) is 23.4 Å². The fourth-order valence-corrected chi connectivity index (χ4v) is 11.3. The van der Waals surface area contributed by atoms with Crippen LogP contribution >= 0.6 is 11.6 Å². The number of rotatable bonds is 10. The lowest BCUT2D eigenvalue weighted by Crippen LogP contribution is -2.63. The van der Waals surface area contributed by atoms with E-state index < -0.39 is 0 Å². The predicted molar refractivity (Wildman–Crippen MR) is 248 cm³/mol. The second-order valence-electron chi connectivity index (χ2n) is 19.0. The Hall–Kier alpha value is -6.37. The summed E-state index contributed by atoms with van der Waals surface area (Å²) in [5, 5.41) is 33.6. The third kappa shape index (κ3) is 8.25. The van der Waals surface area contributed by atoms with E-state index in [-0.39, 0.29) is 29.4 Å². The number of fused-ring (bicyclic) bond motifs is 2. The van der Waals surface area contributed by atoms with Crippen LogP contribution in [0.2, 0.25) is 5.02 Å². The topological polar surface area (TPSA) is 169 Å². The normalized spacial score (nSPS) is 20.6. The number of carbonyl (C=O) groups is 2. The number of nitriles is 1. The number of aromatic nitrogens is 7. The number of hydrogen-bond acceptors (Lipinski definition) is 11. The fourth-order valence-electron chi connectivity index (χ4n) is 11.1. The zero-order chi connectivity index (χ0) is 44.9. The Morgan fingerprint density at radius 2 is 1.83 bits per heavy atom. The van der Waals surface area contributed by atoms with E-state index in [1.165, 1.54) is 5.69 Å². The van der Waals surface area contributed by atoms with Crippen molar-refractivity contribution in [3.05, 3.63) is 101 Å². The van der Waals surface area contributed by atoms with Crippen molar-refractivity contribution >= 4 is 40.0 Å². The molecule has 1 spiro atoms. The van der Waals surface area contributed by atoms with Crippen LogP contribution in [0.4, 0.5) is 5.82 Å². The number of carbonyl (C=O) groups excluding carboxylic acids is 2. The van der Waals surface area contributed by atoms with Crippen molar-refractivity contribution in [1.29, 1.82) is 5.26 Å². The molecular formula is C50H52ClN11O4. The maximum Gasteiger partial charge on any atom is 0.272 e. The Kier molecular flexibility index (Phi) is 11.2. The van der Waals surface area contributed by atoms with Crippen LogP contribution in [-0.2, 0) is 29.0 Å². The third-order valence-corrected chi connectivity index (χ3v) is 14.9. The van der Waals surface area contributed by atoms with Gasteiger partial charge in [0.1, 0.15) is 11.8 Å². The molecule has 0 radical (unpaired) electrons. The lowest BCUT2D eigenvalue weighted by Gasteiger charge is -2.59. The van der Waals surface area contributed by atoms with Gasteiger partial charge in [0.15, 0.2) is 11.5 Å². The summed E-state index contributed by atoms with van der Waals surface area (Å²) >= 11 is 6.17. The fraction of sp³-hybridized carbons (Fsp3) is 0.440. The minimum Gasteiger partial charge on any atom is -0.490 e. The van der Waals surface area contributed by atoms with Crippen molar-refractivity contribution < 1.29 is 19.1 Å². The minimum atomic E-state index is -0.209. The van der Waals surface area contributed by atoms with Crippen LogP contribution < -0.4 is 15.0 Å². The highest BCUT2D eigenvalue weighted by Gasteiger charge is 2.52. The molecule has 6 aromatic rings. The number of halogens is 1. The van der Waals surface area contributed by atoms with Crippen molar-refractivity contribution in [3.63, 3.8) is 0 Å². The van der Waals surface area contributed by atoms with Gasteiger partial charge in [0.25, 0.3) is 5.91 Å². The summed E-state index contributed by atoms with van der Waals surface area (Å²) in [5.41, 5.74) is 7.28. The molecule has 2 saturated carbocycles. The van der Waals surface area contributed by atoms with Gasteiger partial charge in [-0.1, -0.05) is 29.8 Å². The van der Waals surface area contributed by atoms with Crippen molar-refractivity contribution in [1.82, 2.24) is 45.0 Å². The van der Waals surface area contributed by atoms with Crippen LogP contribution in [0.25, 0.3) is 33.3 Å². The largest absolute Gasteiger partial charge is 0.490 e. The highest BCUT2D eigenvalue weighted by molar-refractivity contribution is 6.31. The first-order chi connectivity index (χ1) is 32.2. The number of hydrogen-bond donors (Lipinski definition) is 1. The molecule has 4 fully saturated rings. The lowest BCUT2D eigenvalue weighted by atomic mass is 9.57. The van der Waals surface area contributed by atoms with Gasteiger partial charge in [-0.2, -0.15) is 15.5 Å².